The molecule has 1 aromatic heterocycles. The normalized spacial score (nSPS) is 14.5. The highest BCUT2D eigenvalue weighted by Gasteiger charge is 2.42. The fourth-order valence-corrected chi connectivity index (χ4v) is 4.23. The molecule has 34 heavy (non-hydrogen) atoms. The summed E-state index contributed by atoms with van der Waals surface area (Å²) >= 11 is 0. The smallest absolute Gasteiger partial charge is 0.459 e. The van der Waals surface area contributed by atoms with Crippen LogP contribution in [0.5, 0.6) is 11.5 Å². The number of rotatable bonds is 11. The number of esters is 1. The predicted molar refractivity (Wildman–Crippen MR) is 115 cm³/mol. The van der Waals surface area contributed by atoms with Crippen LogP contribution >= 0.6 is 7.75 Å². The first kappa shape index (κ1) is 27.6. The number of halogens is 3. The second-order valence-corrected chi connectivity index (χ2v) is 9.21. The molecule has 0 aliphatic rings. The first-order chi connectivity index (χ1) is 15.8. The molecule has 0 fully saturated rings. The molecule has 2 atom stereocenters. The lowest BCUT2D eigenvalue weighted by molar-refractivity contribution is -0.164. The fourth-order valence-electron chi connectivity index (χ4n) is 2.77. The number of nitrogens with zero attached hydrogens (tertiary/aromatic N) is 1. The number of ether oxygens (including phenoxy) is 1. The van der Waals surface area contributed by atoms with E-state index < -0.39 is 51.7 Å². The van der Waals surface area contributed by atoms with Crippen LogP contribution in [0.3, 0.4) is 0 Å². The van der Waals surface area contributed by atoms with Gasteiger partial charge in [-0.05, 0) is 32.9 Å². The summed E-state index contributed by atoms with van der Waals surface area (Å²) in [5, 5.41) is 21.7. The molecular weight excluding hydrogens is 480 g/mol. The van der Waals surface area contributed by atoms with Crippen LogP contribution in [0.15, 0.2) is 36.5 Å². The zero-order valence-corrected chi connectivity index (χ0v) is 19.6. The third-order valence-corrected chi connectivity index (χ3v) is 5.88. The van der Waals surface area contributed by atoms with Gasteiger partial charge < -0.3 is 19.5 Å². The van der Waals surface area contributed by atoms with Gasteiger partial charge in [0.25, 0.3) is 0 Å². The molecule has 1 heterocycles. The summed E-state index contributed by atoms with van der Waals surface area (Å²) in [5.41, 5.74) is 0.363. The maximum absolute atomic E-state index is 13.5. The largest absolute Gasteiger partial charge is 0.506 e. The zero-order chi connectivity index (χ0) is 25.5. The molecule has 3 N–H and O–H groups in total. The Labute approximate surface area is 194 Å². The van der Waals surface area contributed by atoms with Gasteiger partial charge in [-0.2, -0.15) is 18.3 Å². The second-order valence-electron chi connectivity index (χ2n) is 7.52. The molecule has 0 bridgehead atoms. The molecule has 2 unspecified atom stereocenters. The third kappa shape index (κ3) is 8.28. The summed E-state index contributed by atoms with van der Waals surface area (Å²) in [4.78, 5) is 16.3. The molecule has 0 amide bonds. The van der Waals surface area contributed by atoms with Gasteiger partial charge in [0.15, 0.2) is 0 Å². The number of pyridine rings is 1. The highest BCUT2D eigenvalue weighted by atomic mass is 31.2. The van der Waals surface area contributed by atoms with Crippen LogP contribution in [0.4, 0.5) is 13.2 Å². The molecule has 188 valence electrons. The number of carbonyl (C=O) groups excluding carboxylic acids is 1. The Balaban J connectivity index is 2.38. The number of hydrogen-bond acceptors (Lipinski definition) is 8. The van der Waals surface area contributed by atoms with Gasteiger partial charge >= 0.3 is 19.9 Å². The van der Waals surface area contributed by atoms with Gasteiger partial charge in [0.05, 0.1) is 31.4 Å². The highest BCUT2D eigenvalue weighted by Crippen LogP contribution is 2.47. The minimum absolute atomic E-state index is 0.00595. The maximum Gasteiger partial charge on any atom is 0.459 e. The average molecular weight is 506 g/mol. The van der Waals surface area contributed by atoms with E-state index >= 15 is 0 Å². The number of aromatic hydroxyl groups is 1. The van der Waals surface area contributed by atoms with Crippen molar-refractivity contribution in [2.45, 2.75) is 58.7 Å². The van der Waals surface area contributed by atoms with Crippen LogP contribution < -0.4 is 9.61 Å². The first-order valence-corrected chi connectivity index (χ1v) is 11.7. The third-order valence-electron chi connectivity index (χ3n) is 4.33. The summed E-state index contributed by atoms with van der Waals surface area (Å²) in [6, 6.07) is 5.38. The molecule has 1 aromatic carbocycles. The molecular formula is C21H26F3N2O7P. The van der Waals surface area contributed by atoms with Crippen LogP contribution in [-0.4, -0.2) is 39.5 Å². The number of aliphatic hydroxyl groups excluding tert-OH is 1. The molecule has 0 radical (unpaired) electrons. The van der Waals surface area contributed by atoms with Crippen LogP contribution in [0.2, 0.25) is 0 Å². The van der Waals surface area contributed by atoms with Crippen molar-refractivity contribution in [2.75, 3.05) is 0 Å². The molecule has 0 spiro atoms. The quantitative estimate of drug-likeness (QED) is 0.304. The maximum atomic E-state index is 13.5. The molecule has 0 aliphatic carbocycles. The van der Waals surface area contributed by atoms with Gasteiger partial charge in [-0.25, -0.2) is 4.57 Å². The second kappa shape index (κ2) is 11.7. The van der Waals surface area contributed by atoms with E-state index in [2.05, 4.69) is 4.98 Å². The Morgan fingerprint density at radius 3 is 2.44 bits per heavy atom. The van der Waals surface area contributed by atoms with Crippen molar-refractivity contribution in [3.63, 3.8) is 0 Å². The van der Waals surface area contributed by atoms with Gasteiger partial charge in [0.1, 0.15) is 17.5 Å². The standard InChI is InChI=1S/C21H26F3N2O7P/c1-13(2)32-20(29)18(9-21(22,23)24)26-34(30,33-16-7-5-4-6-8-16)31-12-15-10-25-14(3)19(28)17(15)11-27/h4-8,10,13,18,27-28H,9,11-12H2,1-3H3,(H,26,30). The van der Waals surface area contributed by atoms with Crippen molar-refractivity contribution < 1.29 is 46.5 Å². The monoisotopic (exact) mass is 506 g/mol. The van der Waals surface area contributed by atoms with E-state index in [-0.39, 0.29) is 28.3 Å². The van der Waals surface area contributed by atoms with E-state index in [0.29, 0.717) is 0 Å². The number of nitrogens with one attached hydrogen (secondary N) is 1. The Kier molecular flexibility index (Phi) is 9.45. The number of aromatic nitrogens is 1. The molecule has 0 saturated carbocycles. The lowest BCUT2D eigenvalue weighted by atomic mass is 10.1. The Morgan fingerprint density at radius 1 is 1.24 bits per heavy atom. The van der Waals surface area contributed by atoms with Gasteiger partial charge in [0.2, 0.25) is 0 Å². The summed E-state index contributed by atoms with van der Waals surface area (Å²) in [7, 11) is -4.65. The van der Waals surface area contributed by atoms with Crippen molar-refractivity contribution in [3.05, 3.63) is 53.3 Å². The van der Waals surface area contributed by atoms with Crippen LogP contribution in [0.25, 0.3) is 0 Å². The molecule has 9 nitrogen and oxygen atoms in total. The molecule has 2 aromatic rings. The topological polar surface area (TPSA) is 127 Å². The van der Waals surface area contributed by atoms with Crippen molar-refractivity contribution >= 4 is 13.7 Å². The Morgan fingerprint density at radius 2 is 1.88 bits per heavy atom. The average Bonchev–Trinajstić information content (AvgIpc) is 2.73. The van der Waals surface area contributed by atoms with E-state index in [9.17, 15) is 32.7 Å². The summed E-state index contributed by atoms with van der Waals surface area (Å²) in [6.07, 6.45) is -5.98. The zero-order valence-electron chi connectivity index (χ0n) is 18.7. The van der Waals surface area contributed by atoms with E-state index in [1.807, 2.05) is 5.09 Å². The molecule has 0 aliphatic heterocycles. The number of alkyl halides is 3. The summed E-state index contributed by atoms with van der Waals surface area (Å²) in [6.45, 7) is 3.21. The van der Waals surface area contributed by atoms with Gasteiger partial charge in [-0.1, -0.05) is 18.2 Å². The fraction of sp³-hybridized carbons (Fsp3) is 0.429. The van der Waals surface area contributed by atoms with Crippen molar-refractivity contribution in [3.8, 4) is 11.5 Å². The van der Waals surface area contributed by atoms with E-state index in [1.54, 1.807) is 6.07 Å². The Hall–Kier alpha value is -2.66. The van der Waals surface area contributed by atoms with E-state index in [0.717, 1.165) is 0 Å². The number of carbonyl (C=O) groups is 1. The van der Waals surface area contributed by atoms with Gasteiger partial charge in [-0.15, -0.1) is 0 Å². The SMILES string of the molecule is Cc1ncc(COP(=O)(NC(CC(F)(F)F)C(=O)OC(C)C)Oc2ccccc2)c(CO)c1O. The van der Waals surface area contributed by atoms with Gasteiger partial charge in [-0.3, -0.25) is 14.3 Å². The number of hydrogen-bond donors (Lipinski definition) is 3. The highest BCUT2D eigenvalue weighted by molar-refractivity contribution is 7.52. The van der Waals surface area contributed by atoms with Crippen molar-refractivity contribution in [1.29, 1.82) is 0 Å². The summed E-state index contributed by atoms with van der Waals surface area (Å²) in [5.74, 6) is -1.61. The lowest BCUT2D eigenvalue weighted by Gasteiger charge is -2.26. The number of aryl methyl sites for hydroxylation is 1. The number of aliphatic hydroxyl groups is 1. The first-order valence-electron chi connectivity index (χ1n) is 10.1. The molecule has 13 heteroatoms. The minimum Gasteiger partial charge on any atom is -0.506 e. The predicted octanol–water partition coefficient (Wildman–Crippen LogP) is 4.15. The van der Waals surface area contributed by atoms with Crippen LogP contribution in [-0.2, 0) is 31.8 Å². The molecule has 0 saturated heterocycles. The van der Waals surface area contributed by atoms with Crippen molar-refractivity contribution in [2.24, 2.45) is 0 Å². The minimum atomic E-state index is -4.80. The van der Waals surface area contributed by atoms with E-state index in [4.69, 9.17) is 13.8 Å². The van der Waals surface area contributed by atoms with Gasteiger partial charge in [0, 0.05) is 17.3 Å². The molecule has 2 rings (SSSR count). The Bertz CT molecular complexity index is 1020. The number of benzene rings is 1. The summed E-state index contributed by atoms with van der Waals surface area (Å²) < 4.78 is 68.5. The van der Waals surface area contributed by atoms with Crippen LogP contribution in [0.1, 0.15) is 37.1 Å². The van der Waals surface area contributed by atoms with Crippen LogP contribution in [0, 0.1) is 6.92 Å². The number of para-hydroxylation sites is 1. The van der Waals surface area contributed by atoms with Crippen molar-refractivity contribution in [1.82, 2.24) is 10.1 Å². The van der Waals surface area contributed by atoms with E-state index in [1.165, 1.54) is 51.2 Å². The lowest BCUT2D eigenvalue weighted by Crippen LogP contribution is -2.41.